The van der Waals surface area contributed by atoms with Gasteiger partial charge in [0, 0.05) is 21.3 Å². The Morgan fingerprint density at radius 2 is 1.92 bits per heavy atom. The maximum Gasteiger partial charge on any atom is 0.322 e. The van der Waals surface area contributed by atoms with E-state index in [2.05, 4.69) is 29.4 Å². The highest BCUT2D eigenvalue weighted by Gasteiger charge is 2.15. The Hall–Kier alpha value is -2.74. The Bertz CT molecular complexity index is 944. The molecule has 0 fully saturated rings. The number of rotatable bonds is 5. The number of benzene rings is 2. The van der Waals surface area contributed by atoms with Crippen LogP contribution in [0.15, 0.2) is 51.8 Å². The number of anilines is 1. The van der Waals surface area contributed by atoms with E-state index in [4.69, 9.17) is 4.42 Å². The van der Waals surface area contributed by atoms with Crippen molar-refractivity contribution in [3.63, 3.8) is 0 Å². The van der Waals surface area contributed by atoms with E-state index in [-0.39, 0.29) is 17.5 Å². The van der Waals surface area contributed by atoms with Gasteiger partial charge in [-0.3, -0.25) is 10.1 Å². The summed E-state index contributed by atoms with van der Waals surface area (Å²) in [6.45, 7) is 4.19. The molecule has 0 aliphatic carbocycles. The topological polar surface area (TPSA) is 68.0 Å². The molecule has 2 aromatic carbocycles. The molecule has 0 aliphatic heterocycles. The molecule has 3 rings (SSSR count). The van der Waals surface area contributed by atoms with Crippen molar-refractivity contribution in [2.24, 2.45) is 0 Å². The minimum absolute atomic E-state index is 0.0565. The summed E-state index contributed by atoms with van der Waals surface area (Å²) in [5.74, 6) is -2.57. The summed E-state index contributed by atoms with van der Waals surface area (Å²) < 4.78 is 31.6. The fraction of sp³-hybridized carbons (Fsp3) is 0.167. The molecule has 0 aliphatic rings. The highest BCUT2D eigenvalue weighted by atomic mass is 32.2. The lowest BCUT2D eigenvalue weighted by Crippen LogP contribution is -2.12. The highest BCUT2D eigenvalue weighted by Crippen LogP contribution is 2.28. The number of aromatic nitrogens is 2. The summed E-state index contributed by atoms with van der Waals surface area (Å²) >= 11 is 1.70. The van der Waals surface area contributed by atoms with Crippen molar-refractivity contribution in [1.82, 2.24) is 10.2 Å². The molecule has 5 nitrogen and oxygen atoms in total. The van der Waals surface area contributed by atoms with Gasteiger partial charge in [0.25, 0.3) is 5.91 Å². The molecule has 134 valence electrons. The Kier molecular flexibility index (Phi) is 5.32. The number of nitrogens with one attached hydrogen (secondary N) is 1. The van der Waals surface area contributed by atoms with E-state index in [1.165, 1.54) is 0 Å². The molecule has 1 amide bonds. The van der Waals surface area contributed by atoms with Crippen LogP contribution >= 0.6 is 11.8 Å². The summed E-state index contributed by atoms with van der Waals surface area (Å²) in [6.07, 6.45) is 0. The van der Waals surface area contributed by atoms with Gasteiger partial charge in [0.1, 0.15) is 0 Å². The van der Waals surface area contributed by atoms with E-state index in [1.54, 1.807) is 11.8 Å². The Labute approximate surface area is 152 Å². The average Bonchev–Trinajstić information content (AvgIpc) is 3.05. The van der Waals surface area contributed by atoms with Crippen molar-refractivity contribution in [3.8, 4) is 11.5 Å². The minimum atomic E-state index is -1.11. The SMILES string of the molecule is CC(C)Sc1cccc(-c2nnc(NC(=O)c3ccc(F)c(F)c3)o2)c1. The van der Waals surface area contributed by atoms with Crippen LogP contribution in [0.25, 0.3) is 11.5 Å². The van der Waals surface area contributed by atoms with Crippen molar-refractivity contribution >= 4 is 23.7 Å². The quantitative estimate of drug-likeness (QED) is 0.651. The number of carbonyl (C=O) groups is 1. The van der Waals surface area contributed by atoms with E-state index in [0.717, 1.165) is 28.7 Å². The van der Waals surface area contributed by atoms with E-state index in [1.807, 2.05) is 24.3 Å². The van der Waals surface area contributed by atoms with Crippen LogP contribution in [0.4, 0.5) is 14.8 Å². The highest BCUT2D eigenvalue weighted by molar-refractivity contribution is 7.99. The number of carbonyl (C=O) groups excluding carboxylic acids is 1. The number of hydrogen-bond donors (Lipinski definition) is 1. The third-order valence-electron chi connectivity index (χ3n) is 3.28. The van der Waals surface area contributed by atoms with Crippen molar-refractivity contribution in [2.75, 3.05) is 5.32 Å². The molecule has 1 heterocycles. The van der Waals surface area contributed by atoms with Gasteiger partial charge in [0.2, 0.25) is 5.89 Å². The van der Waals surface area contributed by atoms with Crippen LogP contribution in [0.2, 0.25) is 0 Å². The molecule has 1 N–H and O–H groups in total. The van der Waals surface area contributed by atoms with Gasteiger partial charge >= 0.3 is 6.01 Å². The predicted molar refractivity (Wildman–Crippen MR) is 95.0 cm³/mol. The number of thioether (sulfide) groups is 1. The molecule has 0 saturated heterocycles. The first-order valence-electron chi connectivity index (χ1n) is 7.79. The molecule has 0 atom stereocenters. The summed E-state index contributed by atoms with van der Waals surface area (Å²) in [5.41, 5.74) is 0.662. The zero-order chi connectivity index (χ0) is 18.7. The first kappa shape index (κ1) is 18.1. The van der Waals surface area contributed by atoms with Crippen LogP contribution in [0.1, 0.15) is 24.2 Å². The standard InChI is InChI=1S/C18H15F2N3O2S/c1-10(2)26-13-5-3-4-12(8-13)17-22-23-18(25-17)21-16(24)11-6-7-14(19)15(20)9-11/h3-10H,1-2H3,(H,21,23,24). The zero-order valence-corrected chi connectivity index (χ0v) is 14.8. The zero-order valence-electron chi connectivity index (χ0n) is 14.0. The first-order chi connectivity index (χ1) is 12.4. The van der Waals surface area contributed by atoms with Gasteiger partial charge in [-0.25, -0.2) is 8.78 Å². The lowest BCUT2D eigenvalue weighted by atomic mass is 10.2. The van der Waals surface area contributed by atoms with Crippen LogP contribution in [0, 0.1) is 11.6 Å². The van der Waals surface area contributed by atoms with Gasteiger partial charge in [-0.15, -0.1) is 16.9 Å². The van der Waals surface area contributed by atoms with E-state index >= 15 is 0 Å². The summed E-state index contributed by atoms with van der Waals surface area (Å²) in [5, 5.41) is 10.5. The Morgan fingerprint density at radius 3 is 2.65 bits per heavy atom. The molecular formula is C18H15F2N3O2S. The van der Waals surface area contributed by atoms with Crippen molar-refractivity contribution in [2.45, 2.75) is 24.0 Å². The Balaban J connectivity index is 1.75. The molecule has 0 bridgehead atoms. The lowest BCUT2D eigenvalue weighted by Gasteiger charge is -2.05. The molecule has 0 saturated carbocycles. The van der Waals surface area contributed by atoms with E-state index < -0.39 is 17.5 Å². The summed E-state index contributed by atoms with van der Waals surface area (Å²) in [7, 11) is 0. The van der Waals surface area contributed by atoms with E-state index in [9.17, 15) is 13.6 Å². The van der Waals surface area contributed by atoms with Gasteiger partial charge in [-0.05, 0) is 36.4 Å². The predicted octanol–water partition coefficient (Wildman–Crippen LogP) is 4.77. The number of amides is 1. The fourth-order valence-corrected chi connectivity index (χ4v) is 3.07. The molecule has 1 aromatic heterocycles. The van der Waals surface area contributed by atoms with Crippen molar-refractivity contribution in [3.05, 3.63) is 59.7 Å². The van der Waals surface area contributed by atoms with Crippen molar-refractivity contribution < 1.29 is 18.0 Å². The molecular weight excluding hydrogens is 360 g/mol. The second-order valence-electron chi connectivity index (χ2n) is 5.69. The average molecular weight is 375 g/mol. The van der Waals surface area contributed by atoms with Gasteiger partial charge < -0.3 is 4.42 Å². The molecule has 0 spiro atoms. The van der Waals surface area contributed by atoms with Gasteiger partial charge in [-0.2, -0.15) is 0 Å². The maximum absolute atomic E-state index is 13.2. The van der Waals surface area contributed by atoms with E-state index in [0.29, 0.717) is 5.25 Å². The largest absolute Gasteiger partial charge is 0.403 e. The fourth-order valence-electron chi connectivity index (χ4n) is 2.17. The molecule has 26 heavy (non-hydrogen) atoms. The minimum Gasteiger partial charge on any atom is -0.403 e. The number of nitrogens with zero attached hydrogens (tertiary/aromatic N) is 2. The van der Waals surface area contributed by atoms with Crippen LogP contribution in [0.5, 0.6) is 0 Å². The molecule has 0 unspecified atom stereocenters. The number of halogens is 2. The first-order valence-corrected chi connectivity index (χ1v) is 8.67. The smallest absolute Gasteiger partial charge is 0.322 e. The maximum atomic E-state index is 13.2. The third-order valence-corrected chi connectivity index (χ3v) is 4.28. The monoisotopic (exact) mass is 375 g/mol. The molecule has 3 aromatic rings. The molecule has 0 radical (unpaired) electrons. The van der Waals surface area contributed by atoms with Gasteiger partial charge in [-0.1, -0.05) is 25.0 Å². The third kappa shape index (κ3) is 4.26. The second-order valence-corrected chi connectivity index (χ2v) is 7.34. The lowest BCUT2D eigenvalue weighted by molar-refractivity contribution is 0.102. The molecule has 8 heteroatoms. The summed E-state index contributed by atoms with van der Waals surface area (Å²) in [6, 6.07) is 10.3. The Morgan fingerprint density at radius 1 is 1.12 bits per heavy atom. The number of hydrogen-bond acceptors (Lipinski definition) is 5. The van der Waals surface area contributed by atoms with Crippen LogP contribution in [-0.2, 0) is 0 Å². The van der Waals surface area contributed by atoms with Crippen LogP contribution in [-0.4, -0.2) is 21.4 Å². The normalized spacial score (nSPS) is 11.0. The van der Waals surface area contributed by atoms with Gasteiger partial charge in [0.15, 0.2) is 11.6 Å². The van der Waals surface area contributed by atoms with Gasteiger partial charge in [0.05, 0.1) is 0 Å². The van der Waals surface area contributed by atoms with Crippen molar-refractivity contribution in [1.29, 1.82) is 0 Å². The second kappa shape index (κ2) is 7.65. The van der Waals surface area contributed by atoms with Crippen LogP contribution < -0.4 is 5.32 Å². The summed E-state index contributed by atoms with van der Waals surface area (Å²) in [4.78, 5) is 13.1. The van der Waals surface area contributed by atoms with Crippen LogP contribution in [0.3, 0.4) is 0 Å².